The Balaban J connectivity index is 3.68. The van der Waals surface area contributed by atoms with Gasteiger partial charge in [-0.25, -0.2) is 0 Å². The number of aliphatic hydroxyl groups is 2. The van der Waals surface area contributed by atoms with Crippen molar-refractivity contribution >= 4 is 0 Å². The first-order chi connectivity index (χ1) is 5.18. The van der Waals surface area contributed by atoms with Gasteiger partial charge >= 0.3 is 0 Å². The molecule has 1 atom stereocenters. The summed E-state index contributed by atoms with van der Waals surface area (Å²) in [6, 6.07) is 0. The molecular formula is C8H18O3. The molecule has 2 N–H and O–H groups in total. The van der Waals surface area contributed by atoms with E-state index in [9.17, 15) is 0 Å². The zero-order valence-corrected chi connectivity index (χ0v) is 7.34. The summed E-state index contributed by atoms with van der Waals surface area (Å²) >= 11 is 0. The van der Waals surface area contributed by atoms with Crippen molar-refractivity contribution in [2.45, 2.75) is 32.3 Å². The van der Waals surface area contributed by atoms with E-state index in [2.05, 4.69) is 0 Å². The lowest BCUT2D eigenvalue weighted by Gasteiger charge is -2.27. The molecule has 0 aliphatic carbocycles. The van der Waals surface area contributed by atoms with Gasteiger partial charge in [0.05, 0.1) is 18.8 Å². The Hall–Kier alpha value is -0.120. The molecule has 0 aliphatic rings. The molecule has 1 unspecified atom stereocenters. The van der Waals surface area contributed by atoms with Crippen LogP contribution in [0.5, 0.6) is 0 Å². The maximum atomic E-state index is 8.69. The number of aliphatic hydroxyl groups excluding tert-OH is 2. The standard InChI is InChI=1S/C8H18O3/c1-3-8(2,4-5-9)11-7-6-10/h9-10H,3-7H2,1-2H3. The zero-order chi connectivity index (χ0) is 8.74. The van der Waals surface area contributed by atoms with E-state index in [1.54, 1.807) is 0 Å². The van der Waals surface area contributed by atoms with E-state index in [0.29, 0.717) is 13.0 Å². The van der Waals surface area contributed by atoms with Crippen LogP contribution in [0.2, 0.25) is 0 Å². The van der Waals surface area contributed by atoms with Gasteiger partial charge in [0.15, 0.2) is 0 Å². The Kier molecular flexibility index (Phi) is 5.46. The van der Waals surface area contributed by atoms with Crippen LogP contribution in [0.1, 0.15) is 26.7 Å². The summed E-state index contributed by atoms with van der Waals surface area (Å²) in [4.78, 5) is 0. The molecule has 3 nitrogen and oxygen atoms in total. The van der Waals surface area contributed by atoms with E-state index in [0.717, 1.165) is 6.42 Å². The third-order valence-corrected chi connectivity index (χ3v) is 1.93. The van der Waals surface area contributed by atoms with Crippen LogP contribution in [-0.4, -0.2) is 35.6 Å². The van der Waals surface area contributed by atoms with Crippen LogP contribution in [0.15, 0.2) is 0 Å². The number of hydrogen-bond acceptors (Lipinski definition) is 3. The van der Waals surface area contributed by atoms with Gasteiger partial charge < -0.3 is 14.9 Å². The minimum absolute atomic E-state index is 0.0427. The van der Waals surface area contributed by atoms with Crippen molar-refractivity contribution in [3.63, 3.8) is 0 Å². The molecule has 0 amide bonds. The molecule has 0 heterocycles. The largest absolute Gasteiger partial charge is 0.396 e. The third kappa shape index (κ3) is 4.35. The smallest absolute Gasteiger partial charge is 0.0705 e. The summed E-state index contributed by atoms with van der Waals surface area (Å²) < 4.78 is 5.36. The topological polar surface area (TPSA) is 49.7 Å². The second kappa shape index (κ2) is 5.52. The highest BCUT2D eigenvalue weighted by molar-refractivity contribution is 4.72. The molecule has 0 rings (SSSR count). The maximum Gasteiger partial charge on any atom is 0.0705 e. The van der Waals surface area contributed by atoms with Crippen LogP contribution in [0.4, 0.5) is 0 Å². The maximum absolute atomic E-state index is 8.69. The highest BCUT2D eigenvalue weighted by atomic mass is 16.5. The van der Waals surface area contributed by atoms with Gasteiger partial charge in [-0.05, 0) is 19.8 Å². The van der Waals surface area contributed by atoms with Crippen LogP contribution < -0.4 is 0 Å². The van der Waals surface area contributed by atoms with Crippen LogP contribution in [0.25, 0.3) is 0 Å². The van der Waals surface area contributed by atoms with Gasteiger partial charge in [-0.3, -0.25) is 0 Å². The molecule has 0 aromatic carbocycles. The Labute approximate surface area is 68.0 Å². The molecule has 11 heavy (non-hydrogen) atoms. The number of hydrogen-bond donors (Lipinski definition) is 2. The average molecular weight is 162 g/mol. The minimum Gasteiger partial charge on any atom is -0.396 e. The Bertz CT molecular complexity index is 95.3. The molecule has 0 aromatic heterocycles. The minimum atomic E-state index is -0.266. The lowest BCUT2D eigenvalue weighted by molar-refractivity contribution is -0.0606. The molecule has 0 saturated carbocycles. The van der Waals surface area contributed by atoms with E-state index >= 15 is 0 Å². The molecule has 0 spiro atoms. The predicted molar refractivity (Wildman–Crippen MR) is 43.4 cm³/mol. The summed E-state index contributed by atoms with van der Waals surface area (Å²) in [5, 5.41) is 17.2. The first kappa shape index (κ1) is 10.9. The molecule has 0 aromatic rings. The summed E-state index contributed by atoms with van der Waals surface area (Å²) in [6.45, 7) is 4.48. The van der Waals surface area contributed by atoms with Crippen molar-refractivity contribution < 1.29 is 14.9 Å². The average Bonchev–Trinajstić information content (AvgIpc) is 2.02. The molecule has 0 aliphatic heterocycles. The first-order valence-electron chi connectivity index (χ1n) is 4.04. The SMILES string of the molecule is CCC(C)(CCO)OCCO. The molecule has 0 bridgehead atoms. The molecular weight excluding hydrogens is 144 g/mol. The number of rotatable bonds is 6. The Morgan fingerprint density at radius 2 is 1.91 bits per heavy atom. The normalized spacial score (nSPS) is 16.4. The number of ether oxygens (including phenoxy) is 1. The van der Waals surface area contributed by atoms with Crippen molar-refractivity contribution in [1.82, 2.24) is 0 Å². The second-order valence-corrected chi connectivity index (χ2v) is 2.85. The van der Waals surface area contributed by atoms with E-state index in [1.165, 1.54) is 0 Å². The fourth-order valence-corrected chi connectivity index (χ4v) is 0.880. The Morgan fingerprint density at radius 1 is 1.27 bits per heavy atom. The van der Waals surface area contributed by atoms with Gasteiger partial charge in [0.25, 0.3) is 0 Å². The monoisotopic (exact) mass is 162 g/mol. The summed E-state index contributed by atoms with van der Waals surface area (Å²) in [6.07, 6.45) is 1.48. The molecule has 3 heteroatoms. The zero-order valence-electron chi connectivity index (χ0n) is 7.34. The van der Waals surface area contributed by atoms with Crippen LogP contribution >= 0.6 is 0 Å². The van der Waals surface area contributed by atoms with Crippen LogP contribution in [0, 0.1) is 0 Å². The van der Waals surface area contributed by atoms with Gasteiger partial charge in [-0.2, -0.15) is 0 Å². The first-order valence-corrected chi connectivity index (χ1v) is 4.04. The van der Waals surface area contributed by atoms with Gasteiger partial charge in [0.2, 0.25) is 0 Å². The molecule has 0 radical (unpaired) electrons. The van der Waals surface area contributed by atoms with Crippen molar-refractivity contribution in [2.24, 2.45) is 0 Å². The molecule has 0 fully saturated rings. The predicted octanol–water partition coefficient (Wildman–Crippen LogP) is 0.546. The van der Waals surface area contributed by atoms with E-state index < -0.39 is 0 Å². The van der Waals surface area contributed by atoms with E-state index in [4.69, 9.17) is 14.9 Å². The van der Waals surface area contributed by atoms with Crippen molar-refractivity contribution in [3.05, 3.63) is 0 Å². The highest BCUT2D eigenvalue weighted by Gasteiger charge is 2.21. The van der Waals surface area contributed by atoms with Gasteiger partial charge in [-0.1, -0.05) is 6.92 Å². The molecule has 68 valence electrons. The van der Waals surface area contributed by atoms with Gasteiger partial charge in [-0.15, -0.1) is 0 Å². The fraction of sp³-hybridized carbons (Fsp3) is 1.00. The van der Waals surface area contributed by atoms with E-state index in [-0.39, 0.29) is 18.8 Å². The summed E-state index contributed by atoms with van der Waals surface area (Å²) in [7, 11) is 0. The van der Waals surface area contributed by atoms with Crippen LogP contribution in [-0.2, 0) is 4.74 Å². The quantitative estimate of drug-likeness (QED) is 0.599. The van der Waals surface area contributed by atoms with E-state index in [1.807, 2.05) is 13.8 Å². The lowest BCUT2D eigenvalue weighted by Crippen LogP contribution is -2.30. The summed E-state index contributed by atoms with van der Waals surface area (Å²) in [5.74, 6) is 0. The Morgan fingerprint density at radius 3 is 2.27 bits per heavy atom. The second-order valence-electron chi connectivity index (χ2n) is 2.85. The van der Waals surface area contributed by atoms with Crippen molar-refractivity contribution in [2.75, 3.05) is 19.8 Å². The highest BCUT2D eigenvalue weighted by Crippen LogP contribution is 2.18. The third-order valence-electron chi connectivity index (χ3n) is 1.93. The molecule has 0 saturated heterocycles. The van der Waals surface area contributed by atoms with Gasteiger partial charge in [0.1, 0.15) is 0 Å². The summed E-state index contributed by atoms with van der Waals surface area (Å²) in [5.41, 5.74) is -0.266. The lowest BCUT2D eigenvalue weighted by atomic mass is 9.99. The van der Waals surface area contributed by atoms with Gasteiger partial charge in [0, 0.05) is 6.61 Å². The van der Waals surface area contributed by atoms with Crippen molar-refractivity contribution in [1.29, 1.82) is 0 Å². The van der Waals surface area contributed by atoms with Crippen molar-refractivity contribution in [3.8, 4) is 0 Å². The van der Waals surface area contributed by atoms with Crippen LogP contribution in [0.3, 0.4) is 0 Å². The fourth-order valence-electron chi connectivity index (χ4n) is 0.880.